The molecule has 1 rings (SSSR count). The first kappa shape index (κ1) is 11.0. The number of hydrogen-bond acceptors (Lipinski definition) is 3. The molecule has 1 heterocycles. The standard InChI is InChI=1S/C9H18N4O/c1-7(2)11(3)6-8-10-13(5)9(14)12(8)4/h7H,6H2,1-5H3. The fraction of sp³-hybridized carbons (Fsp3) is 0.778. The molecule has 0 spiro atoms. The van der Waals surface area contributed by atoms with E-state index in [4.69, 9.17) is 0 Å². The Kier molecular flexibility index (Phi) is 3.10. The van der Waals surface area contributed by atoms with Gasteiger partial charge in [-0.2, -0.15) is 5.10 Å². The Bertz CT molecular complexity index is 363. The van der Waals surface area contributed by atoms with Crippen LogP contribution in [0.4, 0.5) is 0 Å². The Balaban J connectivity index is 2.88. The van der Waals surface area contributed by atoms with Crippen molar-refractivity contribution in [2.24, 2.45) is 14.1 Å². The van der Waals surface area contributed by atoms with E-state index in [1.165, 1.54) is 4.68 Å². The van der Waals surface area contributed by atoms with Crippen LogP contribution in [0.1, 0.15) is 19.7 Å². The van der Waals surface area contributed by atoms with Gasteiger partial charge in [-0.25, -0.2) is 9.48 Å². The van der Waals surface area contributed by atoms with Crippen LogP contribution in [-0.4, -0.2) is 32.3 Å². The highest BCUT2D eigenvalue weighted by atomic mass is 16.2. The highest BCUT2D eigenvalue weighted by Gasteiger charge is 2.11. The molecule has 0 fully saturated rings. The van der Waals surface area contributed by atoms with Gasteiger partial charge in [-0.3, -0.25) is 9.47 Å². The second kappa shape index (κ2) is 3.96. The van der Waals surface area contributed by atoms with Crippen LogP contribution in [0.2, 0.25) is 0 Å². The number of aryl methyl sites for hydroxylation is 1. The van der Waals surface area contributed by atoms with E-state index in [1.54, 1.807) is 18.7 Å². The molecule has 0 unspecified atom stereocenters. The minimum atomic E-state index is -0.0721. The van der Waals surface area contributed by atoms with Gasteiger partial charge in [0, 0.05) is 20.1 Å². The van der Waals surface area contributed by atoms with Crippen molar-refractivity contribution in [2.75, 3.05) is 7.05 Å². The maximum atomic E-state index is 11.4. The average molecular weight is 198 g/mol. The number of nitrogens with zero attached hydrogens (tertiary/aromatic N) is 4. The molecule has 1 aromatic rings. The van der Waals surface area contributed by atoms with Crippen LogP contribution in [0.15, 0.2) is 4.79 Å². The zero-order valence-electron chi connectivity index (χ0n) is 9.48. The topological polar surface area (TPSA) is 43.1 Å². The van der Waals surface area contributed by atoms with Crippen molar-refractivity contribution >= 4 is 0 Å². The first-order valence-electron chi connectivity index (χ1n) is 4.72. The van der Waals surface area contributed by atoms with Crippen molar-refractivity contribution in [1.29, 1.82) is 0 Å². The Labute approximate surface area is 83.9 Å². The van der Waals surface area contributed by atoms with Gasteiger partial charge >= 0.3 is 5.69 Å². The average Bonchev–Trinajstić information content (AvgIpc) is 2.33. The summed E-state index contributed by atoms with van der Waals surface area (Å²) < 4.78 is 2.95. The molecule has 1 aromatic heterocycles. The minimum Gasteiger partial charge on any atom is -0.297 e. The Morgan fingerprint density at radius 2 is 2.00 bits per heavy atom. The summed E-state index contributed by atoms with van der Waals surface area (Å²) in [5.74, 6) is 0.800. The van der Waals surface area contributed by atoms with E-state index in [0.717, 1.165) is 5.82 Å². The summed E-state index contributed by atoms with van der Waals surface area (Å²) in [6.07, 6.45) is 0. The van der Waals surface area contributed by atoms with E-state index in [1.807, 2.05) is 7.05 Å². The van der Waals surface area contributed by atoms with E-state index in [0.29, 0.717) is 12.6 Å². The van der Waals surface area contributed by atoms with Crippen LogP contribution in [0.25, 0.3) is 0 Å². The minimum absolute atomic E-state index is 0.0721. The molecule has 0 saturated heterocycles. The summed E-state index contributed by atoms with van der Waals surface area (Å²) in [4.78, 5) is 13.5. The number of rotatable bonds is 3. The smallest absolute Gasteiger partial charge is 0.297 e. The van der Waals surface area contributed by atoms with Gasteiger partial charge in [-0.15, -0.1) is 0 Å². The summed E-state index contributed by atoms with van der Waals surface area (Å²) in [5, 5.41) is 4.16. The summed E-state index contributed by atoms with van der Waals surface area (Å²) in [6, 6.07) is 0.451. The summed E-state index contributed by atoms with van der Waals surface area (Å²) >= 11 is 0. The van der Waals surface area contributed by atoms with Crippen LogP contribution in [0.3, 0.4) is 0 Å². The van der Waals surface area contributed by atoms with Crippen LogP contribution in [-0.2, 0) is 20.6 Å². The predicted molar refractivity (Wildman–Crippen MR) is 55.1 cm³/mol. The predicted octanol–water partition coefficient (Wildman–Crippen LogP) is -0.0410. The number of aromatic nitrogens is 3. The van der Waals surface area contributed by atoms with Gasteiger partial charge in [0.25, 0.3) is 0 Å². The molecule has 0 N–H and O–H groups in total. The third kappa shape index (κ3) is 2.04. The molecule has 0 aliphatic heterocycles. The fourth-order valence-corrected chi connectivity index (χ4v) is 1.15. The molecule has 0 saturated carbocycles. The lowest BCUT2D eigenvalue weighted by molar-refractivity contribution is 0.256. The Morgan fingerprint density at radius 3 is 2.36 bits per heavy atom. The molecule has 14 heavy (non-hydrogen) atoms. The lowest BCUT2D eigenvalue weighted by Gasteiger charge is -2.19. The second-order valence-electron chi connectivity index (χ2n) is 3.89. The van der Waals surface area contributed by atoms with Crippen molar-refractivity contribution in [2.45, 2.75) is 26.4 Å². The Morgan fingerprint density at radius 1 is 1.43 bits per heavy atom. The van der Waals surface area contributed by atoms with Crippen molar-refractivity contribution in [3.8, 4) is 0 Å². The highest BCUT2D eigenvalue weighted by Crippen LogP contribution is 2.00. The van der Waals surface area contributed by atoms with Crippen molar-refractivity contribution in [3.63, 3.8) is 0 Å². The molecule has 0 bridgehead atoms. The van der Waals surface area contributed by atoms with Crippen molar-refractivity contribution in [3.05, 3.63) is 16.3 Å². The van der Waals surface area contributed by atoms with Crippen molar-refractivity contribution in [1.82, 2.24) is 19.2 Å². The molecular weight excluding hydrogens is 180 g/mol. The van der Waals surface area contributed by atoms with Crippen LogP contribution in [0.5, 0.6) is 0 Å². The first-order chi connectivity index (χ1) is 6.43. The maximum absolute atomic E-state index is 11.4. The van der Waals surface area contributed by atoms with E-state index in [-0.39, 0.29) is 5.69 Å². The molecule has 80 valence electrons. The van der Waals surface area contributed by atoms with Gasteiger partial charge in [-0.1, -0.05) is 0 Å². The van der Waals surface area contributed by atoms with Crippen LogP contribution in [0, 0.1) is 0 Å². The van der Waals surface area contributed by atoms with E-state index in [9.17, 15) is 4.79 Å². The van der Waals surface area contributed by atoms with Crippen LogP contribution >= 0.6 is 0 Å². The number of hydrogen-bond donors (Lipinski definition) is 0. The molecule has 0 atom stereocenters. The van der Waals surface area contributed by atoms with E-state index < -0.39 is 0 Å². The van der Waals surface area contributed by atoms with Gasteiger partial charge in [0.05, 0.1) is 6.54 Å². The van der Waals surface area contributed by atoms with Gasteiger partial charge in [0.1, 0.15) is 5.82 Å². The third-order valence-corrected chi connectivity index (χ3v) is 2.49. The summed E-state index contributed by atoms with van der Waals surface area (Å²) in [5.41, 5.74) is -0.0721. The first-order valence-corrected chi connectivity index (χ1v) is 4.72. The summed E-state index contributed by atoms with van der Waals surface area (Å²) in [7, 11) is 5.43. The molecule has 0 aromatic carbocycles. The second-order valence-corrected chi connectivity index (χ2v) is 3.89. The van der Waals surface area contributed by atoms with Crippen molar-refractivity contribution < 1.29 is 0 Å². The van der Waals surface area contributed by atoms with Crippen LogP contribution < -0.4 is 5.69 Å². The molecule has 5 nitrogen and oxygen atoms in total. The van der Waals surface area contributed by atoms with E-state index >= 15 is 0 Å². The lowest BCUT2D eigenvalue weighted by atomic mass is 10.3. The molecule has 0 amide bonds. The fourth-order valence-electron chi connectivity index (χ4n) is 1.15. The molecular formula is C9H18N4O. The SMILES string of the molecule is CC(C)N(C)Cc1nn(C)c(=O)n1C. The summed E-state index contributed by atoms with van der Waals surface area (Å²) in [6.45, 7) is 4.92. The van der Waals surface area contributed by atoms with Gasteiger partial charge in [-0.05, 0) is 20.9 Å². The zero-order valence-corrected chi connectivity index (χ0v) is 9.48. The normalized spacial score (nSPS) is 11.6. The third-order valence-electron chi connectivity index (χ3n) is 2.49. The Hall–Kier alpha value is -1.10. The van der Waals surface area contributed by atoms with E-state index in [2.05, 4.69) is 23.8 Å². The monoisotopic (exact) mass is 198 g/mol. The molecule has 0 aliphatic carbocycles. The largest absolute Gasteiger partial charge is 0.345 e. The van der Waals surface area contributed by atoms with Gasteiger partial charge in [0.15, 0.2) is 0 Å². The van der Waals surface area contributed by atoms with Gasteiger partial charge < -0.3 is 0 Å². The molecule has 5 heteroatoms. The molecule has 0 radical (unpaired) electrons. The lowest BCUT2D eigenvalue weighted by Crippen LogP contribution is -2.28. The highest BCUT2D eigenvalue weighted by molar-refractivity contribution is 4.86. The quantitative estimate of drug-likeness (QED) is 0.684. The van der Waals surface area contributed by atoms with Gasteiger partial charge in [0.2, 0.25) is 0 Å². The maximum Gasteiger partial charge on any atom is 0.345 e. The zero-order chi connectivity index (χ0) is 10.9. The molecule has 0 aliphatic rings.